The number of benzene rings is 6. The number of esters is 1. The van der Waals surface area contributed by atoms with Crippen LogP contribution in [0, 0.1) is 0 Å². The molecular weight excluding hydrogens is 785 g/mol. The number of carbonyl (C=O) groups is 1. The molecule has 0 fully saturated rings. The van der Waals surface area contributed by atoms with Gasteiger partial charge in [0.25, 0.3) is 0 Å². The van der Waals surface area contributed by atoms with Crippen LogP contribution in [0.4, 0.5) is 0 Å². The van der Waals surface area contributed by atoms with Crippen molar-refractivity contribution < 1.29 is 26.9 Å². The third kappa shape index (κ3) is 10.1. The number of rotatable bonds is 19. The number of aryl methyl sites for hydroxylation is 1. The molecule has 6 rings (SSSR count). The Morgan fingerprint density at radius 3 is 1.38 bits per heavy atom. The summed E-state index contributed by atoms with van der Waals surface area (Å²) in [6, 6.07) is 62.7. The van der Waals surface area contributed by atoms with E-state index in [1.165, 1.54) is 22.5 Å². The lowest BCUT2D eigenvalue weighted by Gasteiger charge is -2.44. The molecule has 0 bridgehead atoms. The molecule has 0 radical (unpaired) electrons. The molecule has 58 heavy (non-hydrogen) atoms. The first-order chi connectivity index (χ1) is 28.0. The van der Waals surface area contributed by atoms with Crippen molar-refractivity contribution in [2.75, 3.05) is 14.2 Å². The zero-order valence-corrected chi connectivity index (χ0v) is 38.7. The van der Waals surface area contributed by atoms with Crippen molar-refractivity contribution in [1.29, 1.82) is 0 Å². The highest BCUT2D eigenvalue weighted by atomic mass is 28.5. The van der Waals surface area contributed by atoms with Gasteiger partial charge in [-0.25, -0.2) is 0 Å². The van der Waals surface area contributed by atoms with Crippen LogP contribution in [0.25, 0.3) is 0 Å². The second kappa shape index (κ2) is 19.4. The minimum atomic E-state index is -3.28. The van der Waals surface area contributed by atoms with Crippen LogP contribution < -0.4 is 35.4 Å². The van der Waals surface area contributed by atoms with E-state index in [-0.39, 0.29) is 5.97 Å². The van der Waals surface area contributed by atoms with E-state index in [1.807, 2.05) is 37.4 Å². The van der Waals surface area contributed by atoms with Crippen LogP contribution in [0.3, 0.4) is 0 Å². The number of hydrogen-bond donors (Lipinski definition) is 0. The first kappa shape index (κ1) is 42.9. The van der Waals surface area contributed by atoms with E-state index in [4.69, 9.17) is 22.1 Å². The fraction of sp³-hybridized carbons (Fsp3) is 0.229. The molecule has 300 valence electrons. The van der Waals surface area contributed by atoms with Crippen molar-refractivity contribution in [3.8, 4) is 11.5 Å². The van der Waals surface area contributed by atoms with Gasteiger partial charge in [-0.05, 0) is 94.2 Å². The van der Waals surface area contributed by atoms with Crippen LogP contribution in [0.15, 0.2) is 170 Å². The Morgan fingerprint density at radius 1 is 0.517 bits per heavy atom. The SMILES string of the molecule is COc1cc(CCC[Si](C)(C)O[Si](C)(CC[Si](c2ccccc2)(c2ccccc2)c2ccccc2)O[Si](OC)(c2ccccc2)c2ccccc2)ccc1OC(C)=O. The number of hydrogen-bond acceptors (Lipinski definition) is 6. The molecule has 0 saturated heterocycles. The van der Waals surface area contributed by atoms with Crippen LogP contribution in [0.1, 0.15) is 18.9 Å². The lowest BCUT2D eigenvalue weighted by molar-refractivity contribution is -0.132. The molecule has 10 heteroatoms. The summed E-state index contributed by atoms with van der Waals surface area (Å²) in [6.45, 7) is 8.37. The van der Waals surface area contributed by atoms with Gasteiger partial charge in [0.05, 0.1) is 7.11 Å². The van der Waals surface area contributed by atoms with Crippen molar-refractivity contribution >= 4 is 65.4 Å². The summed E-state index contributed by atoms with van der Waals surface area (Å²) >= 11 is 0. The number of methoxy groups -OCH3 is 1. The normalized spacial score (nSPS) is 13.1. The lowest BCUT2D eigenvalue weighted by atomic mass is 10.1. The van der Waals surface area contributed by atoms with E-state index in [9.17, 15) is 4.79 Å². The molecule has 0 aromatic heterocycles. The minimum absolute atomic E-state index is 0.373. The second-order valence-electron chi connectivity index (χ2n) is 15.6. The van der Waals surface area contributed by atoms with E-state index in [0.717, 1.165) is 46.9 Å². The van der Waals surface area contributed by atoms with Gasteiger partial charge in [-0.1, -0.05) is 158 Å². The quantitative estimate of drug-likeness (QED) is 0.0358. The van der Waals surface area contributed by atoms with Gasteiger partial charge < -0.3 is 22.1 Å². The Bertz CT molecular complexity index is 2060. The molecule has 0 heterocycles. The van der Waals surface area contributed by atoms with Crippen molar-refractivity contribution in [2.24, 2.45) is 0 Å². The molecule has 1 atom stereocenters. The molecule has 0 amide bonds. The molecule has 0 aliphatic rings. The molecule has 0 aliphatic carbocycles. The van der Waals surface area contributed by atoms with Crippen molar-refractivity contribution in [3.05, 3.63) is 175 Å². The molecule has 0 N–H and O–H groups in total. The Balaban J connectivity index is 1.40. The van der Waals surface area contributed by atoms with Gasteiger partial charge in [-0.15, -0.1) is 0 Å². The summed E-state index contributed by atoms with van der Waals surface area (Å²) in [6.07, 6.45) is 1.77. The van der Waals surface area contributed by atoms with Crippen LogP contribution in [-0.2, 0) is 23.9 Å². The summed E-state index contributed by atoms with van der Waals surface area (Å²) in [5, 5.41) is 6.24. The maximum Gasteiger partial charge on any atom is 0.398 e. The van der Waals surface area contributed by atoms with Gasteiger partial charge in [-0.2, -0.15) is 0 Å². The predicted molar refractivity (Wildman–Crippen MR) is 247 cm³/mol. The standard InChI is InChI=1S/C48H56O6Si4/c1-40(49)52-47-35-34-41(39-48(47)50-2)23-22-36-55(4,5)53-56(6,54-58(51-3,45-30-18-10-19-31-45)46-32-20-11-21-33-46)37-38-57(42-24-12-7-13-25-42,43-26-14-8-15-27-43)44-28-16-9-17-29-44/h7-21,24-35,39H,22-23,36-38H2,1-6H3. The van der Waals surface area contributed by atoms with E-state index >= 15 is 0 Å². The van der Waals surface area contributed by atoms with Gasteiger partial charge in [0, 0.05) is 14.0 Å². The molecule has 0 aliphatic heterocycles. The fourth-order valence-corrected chi connectivity index (χ4v) is 29.0. The van der Waals surface area contributed by atoms with E-state index < -0.39 is 33.5 Å². The van der Waals surface area contributed by atoms with Gasteiger partial charge in [-0.3, -0.25) is 4.79 Å². The van der Waals surface area contributed by atoms with Gasteiger partial charge in [0.1, 0.15) is 8.07 Å². The summed E-state index contributed by atoms with van der Waals surface area (Å²) in [5.74, 6) is 0.612. The van der Waals surface area contributed by atoms with Gasteiger partial charge in [0.2, 0.25) is 0 Å². The molecule has 1 unspecified atom stereocenters. The van der Waals surface area contributed by atoms with Gasteiger partial charge >= 0.3 is 23.1 Å². The Morgan fingerprint density at radius 2 is 0.966 bits per heavy atom. The lowest BCUT2D eigenvalue weighted by Crippen LogP contribution is -2.70. The van der Waals surface area contributed by atoms with Crippen LogP contribution >= 0.6 is 0 Å². The molecule has 0 spiro atoms. The van der Waals surface area contributed by atoms with Crippen LogP contribution in [0.5, 0.6) is 11.5 Å². The smallest absolute Gasteiger partial charge is 0.398 e. The first-order valence-electron chi connectivity index (χ1n) is 20.1. The maximum atomic E-state index is 11.7. The summed E-state index contributed by atoms with van der Waals surface area (Å²) in [4.78, 5) is 11.7. The zero-order chi connectivity index (χ0) is 41.1. The molecule has 6 aromatic rings. The minimum Gasteiger partial charge on any atom is -0.493 e. The Labute approximate surface area is 349 Å². The third-order valence-electron chi connectivity index (χ3n) is 10.9. The highest BCUT2D eigenvalue weighted by Crippen LogP contribution is 2.33. The van der Waals surface area contributed by atoms with Crippen LogP contribution in [0.2, 0.25) is 37.8 Å². The summed E-state index contributed by atoms with van der Waals surface area (Å²) in [7, 11) is -7.99. The average molecular weight is 841 g/mol. The highest BCUT2D eigenvalue weighted by Gasteiger charge is 2.52. The largest absolute Gasteiger partial charge is 0.493 e. The molecular formula is C48H56O6Si4. The maximum absolute atomic E-state index is 11.7. The first-order valence-corrected chi connectivity index (χ1v) is 29.8. The van der Waals surface area contributed by atoms with E-state index in [2.05, 4.69) is 159 Å². The highest BCUT2D eigenvalue weighted by molar-refractivity contribution is 7.12. The van der Waals surface area contributed by atoms with Crippen molar-refractivity contribution in [3.63, 3.8) is 0 Å². The fourth-order valence-electron chi connectivity index (χ4n) is 8.28. The Kier molecular flexibility index (Phi) is 14.4. The zero-order valence-electron chi connectivity index (χ0n) is 34.7. The second-order valence-corrected chi connectivity index (χ2v) is 30.8. The monoisotopic (exact) mass is 840 g/mol. The topological polar surface area (TPSA) is 63.2 Å². The molecule has 6 aromatic carbocycles. The molecule has 0 saturated carbocycles. The number of carbonyl (C=O) groups excluding carboxylic acids is 1. The molecule has 6 nitrogen and oxygen atoms in total. The van der Waals surface area contributed by atoms with Crippen molar-refractivity contribution in [2.45, 2.75) is 57.5 Å². The van der Waals surface area contributed by atoms with E-state index in [1.54, 1.807) is 7.11 Å². The number of ether oxygens (including phenoxy) is 2. The van der Waals surface area contributed by atoms with Crippen molar-refractivity contribution in [1.82, 2.24) is 0 Å². The third-order valence-corrected chi connectivity index (χ3v) is 28.7. The summed E-state index contributed by atoms with van der Waals surface area (Å²) < 4.78 is 33.3. The summed E-state index contributed by atoms with van der Waals surface area (Å²) in [5.41, 5.74) is 1.12. The van der Waals surface area contributed by atoms with E-state index in [0.29, 0.717) is 11.5 Å². The Hall–Kier alpha value is -4.66. The van der Waals surface area contributed by atoms with Crippen LogP contribution in [-0.4, -0.2) is 53.7 Å². The van der Waals surface area contributed by atoms with Gasteiger partial charge in [0.15, 0.2) is 19.8 Å². The average Bonchev–Trinajstić information content (AvgIpc) is 3.25. The predicted octanol–water partition coefficient (Wildman–Crippen LogP) is 7.94.